The summed E-state index contributed by atoms with van der Waals surface area (Å²) in [7, 11) is 0. The topological polar surface area (TPSA) is 44.6 Å². The monoisotopic (exact) mass is 359 g/mol. The van der Waals surface area contributed by atoms with E-state index in [9.17, 15) is 4.79 Å². The van der Waals surface area contributed by atoms with Crippen molar-refractivity contribution in [1.82, 2.24) is 24.3 Å². The molecule has 1 aliphatic carbocycles. The molecule has 1 saturated carbocycles. The molecule has 2 saturated heterocycles. The average Bonchev–Trinajstić information content (AvgIpc) is 3.44. The second kappa shape index (κ2) is 8.53. The zero-order valence-electron chi connectivity index (χ0n) is 16.0. The van der Waals surface area contributed by atoms with Gasteiger partial charge in [-0.1, -0.05) is 12.8 Å². The molecule has 0 atom stereocenters. The van der Waals surface area contributed by atoms with E-state index in [1.54, 1.807) is 0 Å². The van der Waals surface area contributed by atoms with Gasteiger partial charge in [-0.2, -0.15) is 0 Å². The van der Waals surface area contributed by atoms with Crippen LogP contribution in [0.25, 0.3) is 0 Å². The first kappa shape index (κ1) is 18.0. The standard InChI is InChI=1S/C20H33N5O/c26-20(17-22-9-3-1-2-4-10-22)24-12-5-11-23(14-15-24)16-19-21-8-13-25(19)18-6-7-18/h8,13,18H,1-7,9-12,14-17H2. The van der Waals surface area contributed by atoms with Gasteiger partial charge in [0.15, 0.2) is 0 Å². The van der Waals surface area contributed by atoms with Crippen LogP contribution in [0.15, 0.2) is 12.4 Å². The van der Waals surface area contributed by atoms with E-state index in [0.29, 0.717) is 18.5 Å². The van der Waals surface area contributed by atoms with Crippen LogP contribution in [0.2, 0.25) is 0 Å². The predicted octanol–water partition coefficient (Wildman–Crippen LogP) is 2.13. The molecule has 4 rings (SSSR count). The highest BCUT2D eigenvalue weighted by molar-refractivity contribution is 5.78. The highest BCUT2D eigenvalue weighted by atomic mass is 16.2. The second-order valence-corrected chi connectivity index (χ2v) is 8.18. The molecule has 2 aliphatic heterocycles. The van der Waals surface area contributed by atoms with Crippen LogP contribution in [0, 0.1) is 0 Å². The highest BCUT2D eigenvalue weighted by Crippen LogP contribution is 2.35. The third kappa shape index (κ3) is 4.65. The summed E-state index contributed by atoms with van der Waals surface area (Å²) < 4.78 is 2.35. The molecule has 3 heterocycles. The summed E-state index contributed by atoms with van der Waals surface area (Å²) in [4.78, 5) is 24.3. The van der Waals surface area contributed by atoms with E-state index in [1.165, 1.54) is 44.3 Å². The van der Waals surface area contributed by atoms with E-state index in [4.69, 9.17) is 0 Å². The van der Waals surface area contributed by atoms with Gasteiger partial charge in [0.05, 0.1) is 13.1 Å². The summed E-state index contributed by atoms with van der Waals surface area (Å²) in [5, 5.41) is 0. The molecule has 0 bridgehead atoms. The molecule has 0 N–H and O–H groups in total. The maximum atomic E-state index is 12.8. The van der Waals surface area contributed by atoms with Gasteiger partial charge in [0.2, 0.25) is 5.91 Å². The Labute approximate surface area is 157 Å². The number of imidazole rings is 1. The fraction of sp³-hybridized carbons (Fsp3) is 0.800. The Morgan fingerprint density at radius 2 is 1.69 bits per heavy atom. The molecule has 3 fully saturated rings. The predicted molar refractivity (Wildman–Crippen MR) is 102 cm³/mol. The zero-order valence-corrected chi connectivity index (χ0v) is 16.0. The second-order valence-electron chi connectivity index (χ2n) is 8.18. The molecule has 26 heavy (non-hydrogen) atoms. The average molecular weight is 360 g/mol. The van der Waals surface area contributed by atoms with Crippen LogP contribution in [0.3, 0.4) is 0 Å². The molecule has 1 aromatic heterocycles. The number of aromatic nitrogens is 2. The molecule has 1 amide bonds. The van der Waals surface area contributed by atoms with Crippen LogP contribution in [-0.2, 0) is 11.3 Å². The fourth-order valence-electron chi connectivity index (χ4n) is 4.32. The minimum absolute atomic E-state index is 0.327. The normalized spacial score (nSPS) is 23.6. The molecule has 0 spiro atoms. The summed E-state index contributed by atoms with van der Waals surface area (Å²) in [6, 6.07) is 0.686. The maximum absolute atomic E-state index is 12.8. The molecule has 0 unspecified atom stereocenters. The summed E-state index contributed by atoms with van der Waals surface area (Å²) in [6.07, 6.45) is 12.8. The lowest BCUT2D eigenvalue weighted by Gasteiger charge is -2.26. The molecule has 6 nitrogen and oxygen atoms in total. The van der Waals surface area contributed by atoms with Crippen molar-refractivity contribution in [2.45, 2.75) is 57.5 Å². The first-order valence-electron chi connectivity index (χ1n) is 10.5. The van der Waals surface area contributed by atoms with Gasteiger partial charge >= 0.3 is 0 Å². The third-order valence-electron chi connectivity index (χ3n) is 6.05. The van der Waals surface area contributed by atoms with Crippen LogP contribution in [0.4, 0.5) is 0 Å². The van der Waals surface area contributed by atoms with Gasteiger partial charge < -0.3 is 9.47 Å². The lowest BCUT2D eigenvalue weighted by atomic mass is 10.2. The Bertz CT molecular complexity index is 589. The molecule has 6 heteroatoms. The third-order valence-corrected chi connectivity index (χ3v) is 6.05. The zero-order chi connectivity index (χ0) is 17.8. The van der Waals surface area contributed by atoms with Crippen LogP contribution >= 0.6 is 0 Å². The summed E-state index contributed by atoms with van der Waals surface area (Å²) in [6.45, 7) is 7.50. The van der Waals surface area contributed by atoms with E-state index in [-0.39, 0.29) is 0 Å². The van der Waals surface area contributed by atoms with Crippen molar-refractivity contribution in [3.63, 3.8) is 0 Å². The van der Waals surface area contributed by atoms with Crippen LogP contribution in [-0.4, -0.2) is 76.0 Å². The largest absolute Gasteiger partial charge is 0.340 e. The number of hydrogen-bond acceptors (Lipinski definition) is 4. The number of likely N-dealkylation sites (tertiary alicyclic amines) is 1. The van der Waals surface area contributed by atoms with E-state index in [1.807, 2.05) is 6.20 Å². The summed E-state index contributed by atoms with van der Waals surface area (Å²) >= 11 is 0. The van der Waals surface area contributed by atoms with Crippen molar-refractivity contribution >= 4 is 5.91 Å². The minimum atomic E-state index is 0.327. The van der Waals surface area contributed by atoms with Gasteiger partial charge in [0.1, 0.15) is 5.82 Å². The Kier molecular flexibility index (Phi) is 5.90. The lowest BCUT2D eigenvalue weighted by molar-refractivity contribution is -0.132. The molecule has 0 aromatic carbocycles. The van der Waals surface area contributed by atoms with Gasteiger partial charge in [-0.05, 0) is 45.2 Å². The molecule has 3 aliphatic rings. The van der Waals surface area contributed by atoms with Crippen molar-refractivity contribution < 1.29 is 4.79 Å². The van der Waals surface area contributed by atoms with Gasteiger partial charge in [-0.25, -0.2) is 4.98 Å². The van der Waals surface area contributed by atoms with Crippen LogP contribution < -0.4 is 0 Å². The van der Waals surface area contributed by atoms with E-state index in [2.05, 4.69) is 30.4 Å². The number of carbonyl (C=O) groups excluding carboxylic acids is 1. The lowest BCUT2D eigenvalue weighted by Crippen LogP contribution is -2.42. The summed E-state index contributed by atoms with van der Waals surface area (Å²) in [5.74, 6) is 1.52. The Balaban J connectivity index is 1.27. The van der Waals surface area contributed by atoms with Crippen LogP contribution in [0.1, 0.15) is 56.8 Å². The van der Waals surface area contributed by atoms with Crippen molar-refractivity contribution in [2.75, 3.05) is 45.8 Å². The van der Waals surface area contributed by atoms with E-state index in [0.717, 1.165) is 52.2 Å². The molecular formula is C20H33N5O. The molecule has 0 radical (unpaired) electrons. The quantitative estimate of drug-likeness (QED) is 0.808. The molecular weight excluding hydrogens is 326 g/mol. The van der Waals surface area contributed by atoms with E-state index >= 15 is 0 Å². The van der Waals surface area contributed by atoms with E-state index < -0.39 is 0 Å². The number of nitrogens with zero attached hydrogens (tertiary/aromatic N) is 5. The fourth-order valence-corrected chi connectivity index (χ4v) is 4.32. The SMILES string of the molecule is O=C(CN1CCCCCC1)N1CCCN(Cc2nccn2C2CC2)CC1. The van der Waals surface area contributed by atoms with Gasteiger partial charge in [-0.3, -0.25) is 14.6 Å². The number of hydrogen-bond donors (Lipinski definition) is 0. The summed E-state index contributed by atoms with van der Waals surface area (Å²) in [5.41, 5.74) is 0. The number of rotatable bonds is 5. The van der Waals surface area contributed by atoms with Crippen molar-refractivity contribution in [3.8, 4) is 0 Å². The first-order valence-corrected chi connectivity index (χ1v) is 10.5. The van der Waals surface area contributed by atoms with Crippen LogP contribution in [0.5, 0.6) is 0 Å². The Morgan fingerprint density at radius 3 is 2.46 bits per heavy atom. The highest BCUT2D eigenvalue weighted by Gasteiger charge is 2.27. The minimum Gasteiger partial charge on any atom is -0.340 e. The Hall–Kier alpha value is -1.40. The number of carbonyl (C=O) groups is 1. The van der Waals surface area contributed by atoms with Gasteiger partial charge in [-0.15, -0.1) is 0 Å². The molecule has 144 valence electrons. The number of amides is 1. The smallest absolute Gasteiger partial charge is 0.236 e. The van der Waals surface area contributed by atoms with Gasteiger partial charge in [0.25, 0.3) is 0 Å². The van der Waals surface area contributed by atoms with Crippen molar-refractivity contribution in [3.05, 3.63) is 18.2 Å². The van der Waals surface area contributed by atoms with Gasteiger partial charge in [0, 0.05) is 44.6 Å². The Morgan fingerprint density at radius 1 is 0.923 bits per heavy atom. The molecule has 1 aromatic rings. The van der Waals surface area contributed by atoms with Crippen molar-refractivity contribution in [2.24, 2.45) is 0 Å². The van der Waals surface area contributed by atoms with Crippen molar-refractivity contribution in [1.29, 1.82) is 0 Å². The maximum Gasteiger partial charge on any atom is 0.236 e. The first-order chi connectivity index (χ1) is 12.8.